The van der Waals surface area contributed by atoms with Gasteiger partial charge in [0.2, 0.25) is 0 Å². The van der Waals surface area contributed by atoms with Crippen molar-refractivity contribution in [1.29, 1.82) is 0 Å². The number of aromatic nitrogens is 2. The number of hydrogen-bond acceptors (Lipinski definition) is 6. The lowest BCUT2D eigenvalue weighted by atomic mass is 10.2. The van der Waals surface area contributed by atoms with Crippen LogP contribution in [0.4, 0.5) is 5.82 Å². The van der Waals surface area contributed by atoms with Gasteiger partial charge in [-0.2, -0.15) is 5.10 Å². The molecular formula is C17H20N4O5. The minimum atomic E-state index is -0.654. The first-order valence-corrected chi connectivity index (χ1v) is 7.88. The van der Waals surface area contributed by atoms with Crippen molar-refractivity contribution < 1.29 is 23.9 Å². The number of carbonyl (C=O) groups excluding carboxylic acids is 3. The number of amides is 2. The zero-order chi connectivity index (χ0) is 19.1. The third-order valence-electron chi connectivity index (χ3n) is 3.23. The van der Waals surface area contributed by atoms with E-state index in [-0.39, 0.29) is 18.2 Å². The van der Waals surface area contributed by atoms with Crippen LogP contribution in [-0.4, -0.2) is 40.8 Å². The monoisotopic (exact) mass is 360 g/mol. The Labute approximate surface area is 150 Å². The van der Waals surface area contributed by atoms with Crippen LogP contribution in [0, 0.1) is 0 Å². The van der Waals surface area contributed by atoms with E-state index in [9.17, 15) is 14.4 Å². The number of benzene rings is 1. The Hall–Kier alpha value is -3.36. The number of carbonyl (C=O) groups is 3. The van der Waals surface area contributed by atoms with E-state index < -0.39 is 24.4 Å². The van der Waals surface area contributed by atoms with E-state index >= 15 is 0 Å². The van der Waals surface area contributed by atoms with E-state index in [1.807, 2.05) is 13.8 Å². The molecule has 3 N–H and O–H groups in total. The number of rotatable bonds is 8. The van der Waals surface area contributed by atoms with Gasteiger partial charge in [0.25, 0.3) is 11.8 Å². The van der Waals surface area contributed by atoms with Gasteiger partial charge in [0.05, 0.1) is 11.8 Å². The molecule has 0 aliphatic rings. The Morgan fingerprint density at radius 3 is 2.46 bits per heavy atom. The third-order valence-corrected chi connectivity index (χ3v) is 3.23. The van der Waals surface area contributed by atoms with Gasteiger partial charge in [0.15, 0.2) is 13.2 Å². The molecule has 0 aliphatic heterocycles. The number of anilines is 1. The molecule has 0 saturated carbocycles. The number of esters is 1. The molecule has 0 unspecified atom stereocenters. The maximum absolute atomic E-state index is 12.0. The Kier molecular flexibility index (Phi) is 6.31. The van der Waals surface area contributed by atoms with Crippen LogP contribution in [0.15, 0.2) is 36.5 Å². The van der Waals surface area contributed by atoms with Crippen LogP contribution in [0.25, 0.3) is 0 Å². The summed E-state index contributed by atoms with van der Waals surface area (Å²) < 4.78 is 11.7. The summed E-state index contributed by atoms with van der Waals surface area (Å²) in [5.74, 6) is -0.809. The van der Waals surface area contributed by atoms with E-state index in [0.717, 1.165) is 0 Å². The van der Waals surface area contributed by atoms with Crippen LogP contribution in [0.5, 0.6) is 5.75 Å². The maximum Gasteiger partial charge on any atom is 0.338 e. The fourth-order valence-corrected chi connectivity index (χ4v) is 2.06. The quantitative estimate of drug-likeness (QED) is 0.680. The fraction of sp³-hybridized carbons (Fsp3) is 0.294. The number of hydrogen-bond donors (Lipinski definition) is 2. The first kappa shape index (κ1) is 19.0. The van der Waals surface area contributed by atoms with Gasteiger partial charge in [0.1, 0.15) is 11.6 Å². The van der Waals surface area contributed by atoms with Crippen LogP contribution in [0.1, 0.15) is 30.2 Å². The molecule has 0 fully saturated rings. The summed E-state index contributed by atoms with van der Waals surface area (Å²) in [7, 11) is 0. The topological polar surface area (TPSA) is 126 Å². The van der Waals surface area contributed by atoms with Crippen molar-refractivity contribution in [3.05, 3.63) is 42.1 Å². The average Bonchev–Trinajstić information content (AvgIpc) is 3.06. The number of nitrogens with two attached hydrogens (primary N) is 1. The normalized spacial score (nSPS) is 10.4. The van der Waals surface area contributed by atoms with Crippen LogP contribution >= 0.6 is 0 Å². The highest BCUT2D eigenvalue weighted by molar-refractivity contribution is 5.95. The number of nitrogens with one attached hydrogen (secondary N) is 1. The highest BCUT2D eigenvalue weighted by atomic mass is 16.5. The lowest BCUT2D eigenvalue weighted by Gasteiger charge is -2.12. The molecule has 1 heterocycles. The maximum atomic E-state index is 12.0. The summed E-state index contributed by atoms with van der Waals surface area (Å²) in [6.45, 7) is 3.18. The smallest absolute Gasteiger partial charge is 0.338 e. The zero-order valence-corrected chi connectivity index (χ0v) is 14.5. The predicted octanol–water partition coefficient (Wildman–Crippen LogP) is 1.12. The molecule has 26 heavy (non-hydrogen) atoms. The van der Waals surface area contributed by atoms with Crippen molar-refractivity contribution in [2.24, 2.45) is 5.73 Å². The molecule has 0 spiro atoms. The highest BCUT2D eigenvalue weighted by Crippen LogP contribution is 2.14. The van der Waals surface area contributed by atoms with Gasteiger partial charge < -0.3 is 20.5 Å². The predicted molar refractivity (Wildman–Crippen MR) is 92.7 cm³/mol. The average molecular weight is 360 g/mol. The molecule has 1 aromatic carbocycles. The molecule has 2 amide bonds. The fourth-order valence-electron chi connectivity index (χ4n) is 2.06. The molecule has 9 nitrogen and oxygen atoms in total. The summed E-state index contributed by atoms with van der Waals surface area (Å²) in [5.41, 5.74) is 5.23. The Morgan fingerprint density at radius 2 is 1.85 bits per heavy atom. The Bertz CT molecular complexity index is 783. The number of ether oxygens (including phenoxy) is 2. The van der Waals surface area contributed by atoms with E-state index in [1.54, 1.807) is 16.9 Å². The molecule has 0 bridgehead atoms. The molecular weight excluding hydrogens is 340 g/mol. The molecule has 0 saturated heterocycles. The Morgan fingerprint density at radius 1 is 1.15 bits per heavy atom. The molecule has 1 aromatic heterocycles. The second-order valence-electron chi connectivity index (χ2n) is 5.66. The first-order chi connectivity index (χ1) is 12.4. The van der Waals surface area contributed by atoms with Crippen molar-refractivity contribution in [3.63, 3.8) is 0 Å². The Balaban J connectivity index is 1.84. The summed E-state index contributed by atoms with van der Waals surface area (Å²) in [4.78, 5) is 34.5. The van der Waals surface area contributed by atoms with E-state index in [0.29, 0.717) is 11.6 Å². The molecule has 0 aliphatic carbocycles. The molecule has 2 aromatic rings. The highest BCUT2D eigenvalue weighted by Gasteiger charge is 2.13. The third kappa shape index (κ3) is 5.33. The molecule has 9 heteroatoms. The summed E-state index contributed by atoms with van der Waals surface area (Å²) in [5, 5.41) is 6.73. The van der Waals surface area contributed by atoms with Crippen LogP contribution in [0.3, 0.4) is 0 Å². The van der Waals surface area contributed by atoms with Gasteiger partial charge >= 0.3 is 5.97 Å². The van der Waals surface area contributed by atoms with Crippen molar-refractivity contribution >= 4 is 23.6 Å². The number of nitrogens with zero attached hydrogens (tertiary/aromatic N) is 2. The first-order valence-electron chi connectivity index (χ1n) is 7.88. The lowest BCUT2D eigenvalue weighted by molar-refractivity contribution is -0.120. The van der Waals surface area contributed by atoms with Crippen LogP contribution in [0.2, 0.25) is 0 Å². The minimum Gasteiger partial charge on any atom is -0.484 e. The van der Waals surface area contributed by atoms with Crippen LogP contribution < -0.4 is 15.8 Å². The van der Waals surface area contributed by atoms with Crippen LogP contribution in [-0.2, 0) is 14.3 Å². The standard InChI is InChI=1S/C17H20N4O5/c1-11(2)21-15(7-8-19-21)20-16(23)10-26-17(24)12-3-5-13(6-4-12)25-9-14(18)22/h3-8,11H,9-10H2,1-2H3,(H2,18,22)(H,20,23). The summed E-state index contributed by atoms with van der Waals surface area (Å²) in [6, 6.07) is 7.67. The molecule has 0 atom stereocenters. The van der Waals surface area contributed by atoms with Crippen molar-refractivity contribution in [2.45, 2.75) is 19.9 Å². The number of primary amides is 1. The van der Waals surface area contributed by atoms with E-state index in [1.165, 1.54) is 24.3 Å². The lowest BCUT2D eigenvalue weighted by Crippen LogP contribution is -2.23. The largest absolute Gasteiger partial charge is 0.484 e. The van der Waals surface area contributed by atoms with Crippen molar-refractivity contribution in [2.75, 3.05) is 18.5 Å². The minimum absolute atomic E-state index is 0.0816. The van der Waals surface area contributed by atoms with Gasteiger partial charge in [-0.1, -0.05) is 0 Å². The molecule has 2 rings (SSSR count). The molecule has 0 radical (unpaired) electrons. The van der Waals surface area contributed by atoms with Gasteiger partial charge in [-0.25, -0.2) is 9.48 Å². The SMILES string of the molecule is CC(C)n1nccc1NC(=O)COC(=O)c1ccc(OCC(N)=O)cc1. The van der Waals surface area contributed by atoms with Gasteiger partial charge in [0, 0.05) is 12.1 Å². The van der Waals surface area contributed by atoms with Gasteiger partial charge in [-0.05, 0) is 38.1 Å². The molecule has 138 valence electrons. The summed E-state index contributed by atoms with van der Waals surface area (Å²) in [6.07, 6.45) is 1.57. The van der Waals surface area contributed by atoms with Gasteiger partial charge in [-0.3, -0.25) is 9.59 Å². The summed E-state index contributed by atoms with van der Waals surface area (Å²) >= 11 is 0. The van der Waals surface area contributed by atoms with E-state index in [4.69, 9.17) is 15.2 Å². The zero-order valence-electron chi connectivity index (χ0n) is 14.5. The van der Waals surface area contributed by atoms with Crippen molar-refractivity contribution in [1.82, 2.24) is 9.78 Å². The second kappa shape index (κ2) is 8.65. The second-order valence-corrected chi connectivity index (χ2v) is 5.66. The van der Waals surface area contributed by atoms with E-state index in [2.05, 4.69) is 10.4 Å². The van der Waals surface area contributed by atoms with Gasteiger partial charge in [-0.15, -0.1) is 0 Å². The van der Waals surface area contributed by atoms with Crippen molar-refractivity contribution in [3.8, 4) is 5.75 Å².